The Morgan fingerprint density at radius 3 is 2.29 bits per heavy atom. The van der Waals surface area contributed by atoms with Crippen molar-refractivity contribution in [3.63, 3.8) is 0 Å². The quantitative estimate of drug-likeness (QED) is 0.606. The van der Waals surface area contributed by atoms with E-state index in [0.29, 0.717) is 0 Å². The minimum atomic E-state index is -0.822. The Morgan fingerprint density at radius 1 is 1.86 bits per heavy atom. The zero-order chi connectivity index (χ0) is 4.99. The van der Waals surface area contributed by atoms with Crippen LogP contribution < -0.4 is 5.32 Å². The summed E-state index contributed by atoms with van der Waals surface area (Å²) in [6.45, 7) is 0.0417. The van der Waals surface area contributed by atoms with Crippen LogP contribution in [0.5, 0.6) is 0 Å². The van der Waals surface area contributed by atoms with Crippen molar-refractivity contribution in [1.82, 2.24) is 5.32 Å². The zero-order valence-electron chi connectivity index (χ0n) is 3.97. The predicted molar refractivity (Wildman–Crippen MR) is 31.9 cm³/mol. The van der Waals surface area contributed by atoms with E-state index in [0.717, 1.165) is 0 Å². The molecule has 44 valence electrons. The molecule has 0 aliphatic heterocycles. The molecule has 0 aromatic heterocycles. The lowest BCUT2D eigenvalue weighted by Crippen LogP contribution is -2.16. The fourth-order valence-electron chi connectivity index (χ4n) is 0.151. The van der Waals surface area contributed by atoms with E-state index < -0.39 is 5.97 Å². The van der Waals surface area contributed by atoms with Crippen LogP contribution in [0, 0.1) is 0 Å². The number of aliphatic carboxylic acids is 1. The van der Waals surface area contributed by atoms with Crippen molar-refractivity contribution < 1.29 is 9.90 Å². The Kier molecular flexibility index (Phi) is 8.45. The maximum atomic E-state index is 9.54. The number of hydrogen-bond donors (Lipinski definition) is 2. The van der Waals surface area contributed by atoms with E-state index in [2.05, 4.69) is 5.32 Å². The zero-order valence-corrected chi connectivity index (χ0v) is 5.68. The summed E-state index contributed by atoms with van der Waals surface area (Å²) in [7, 11) is 1.59. The van der Waals surface area contributed by atoms with Crippen molar-refractivity contribution in [3.8, 4) is 0 Å². The van der Waals surface area contributed by atoms with Gasteiger partial charge in [0, 0.05) is 0 Å². The Balaban J connectivity index is 0. The molecule has 0 unspecified atom stereocenters. The molecule has 0 aliphatic rings. The number of carboxylic acid groups (broad SMARTS) is 1. The minimum absolute atomic E-state index is 0. The van der Waals surface area contributed by atoms with E-state index >= 15 is 0 Å². The summed E-state index contributed by atoms with van der Waals surface area (Å²) in [6.07, 6.45) is 0. The normalized spacial score (nSPS) is 7.00. The van der Waals surface area contributed by atoms with Crippen LogP contribution in [0.1, 0.15) is 0 Å². The topological polar surface area (TPSA) is 49.3 Å². The third-order valence-electron chi connectivity index (χ3n) is 0.328. The van der Waals surface area contributed by atoms with Gasteiger partial charge in [-0.25, -0.2) is 0 Å². The van der Waals surface area contributed by atoms with Crippen LogP contribution in [-0.4, -0.2) is 24.7 Å². The standard InChI is InChI=1S/C3H7NO2.BrH/c1-4-2-3(5)6;/h4H,2H2,1H3,(H,5,6);1H. The first kappa shape index (κ1) is 10.0. The first-order chi connectivity index (χ1) is 2.77. The van der Waals surface area contributed by atoms with Gasteiger partial charge >= 0.3 is 5.97 Å². The number of carbonyl (C=O) groups is 1. The highest BCUT2D eigenvalue weighted by molar-refractivity contribution is 8.93. The average molecular weight is 170 g/mol. The van der Waals surface area contributed by atoms with Gasteiger partial charge in [0.2, 0.25) is 0 Å². The molecule has 0 atom stereocenters. The molecule has 0 saturated carbocycles. The molecule has 2 N–H and O–H groups in total. The van der Waals surface area contributed by atoms with Gasteiger partial charge in [-0.2, -0.15) is 0 Å². The summed E-state index contributed by atoms with van der Waals surface area (Å²) in [5.41, 5.74) is 0. The van der Waals surface area contributed by atoms with Crippen LogP contribution >= 0.6 is 17.0 Å². The Bertz CT molecular complexity index is 56.9. The van der Waals surface area contributed by atoms with E-state index in [4.69, 9.17) is 5.11 Å². The summed E-state index contributed by atoms with van der Waals surface area (Å²) in [5, 5.41) is 10.3. The lowest BCUT2D eigenvalue weighted by Gasteiger charge is -1.84. The SMILES string of the molecule is Br.CNCC(=O)O. The predicted octanol–water partition coefficient (Wildman–Crippen LogP) is -0.132. The molecule has 3 nitrogen and oxygen atoms in total. The molecule has 0 aromatic rings. The van der Waals surface area contributed by atoms with E-state index in [9.17, 15) is 4.79 Å². The lowest BCUT2D eigenvalue weighted by atomic mass is 10.7. The first-order valence-corrected chi connectivity index (χ1v) is 1.63. The maximum absolute atomic E-state index is 9.54. The second-order valence-corrected chi connectivity index (χ2v) is 0.924. The number of likely N-dealkylation sites (N-methyl/N-ethyl adjacent to an activating group) is 1. The molecule has 7 heavy (non-hydrogen) atoms. The van der Waals surface area contributed by atoms with Gasteiger partial charge in [0.15, 0.2) is 0 Å². The molecule has 0 heterocycles. The van der Waals surface area contributed by atoms with Gasteiger partial charge in [0.25, 0.3) is 0 Å². The maximum Gasteiger partial charge on any atom is 0.317 e. The van der Waals surface area contributed by atoms with E-state index in [-0.39, 0.29) is 23.5 Å². The molecule has 0 bridgehead atoms. The molecule has 0 aromatic carbocycles. The second kappa shape index (κ2) is 5.91. The van der Waals surface area contributed by atoms with Gasteiger partial charge in [0.05, 0.1) is 6.54 Å². The summed E-state index contributed by atoms with van der Waals surface area (Å²) in [4.78, 5) is 9.54. The highest BCUT2D eigenvalue weighted by atomic mass is 79.9. The Morgan fingerprint density at radius 2 is 2.29 bits per heavy atom. The van der Waals surface area contributed by atoms with Crippen LogP contribution in [0.15, 0.2) is 0 Å². The van der Waals surface area contributed by atoms with Gasteiger partial charge < -0.3 is 10.4 Å². The average Bonchev–Trinajstić information content (AvgIpc) is 1.35. The van der Waals surface area contributed by atoms with Gasteiger partial charge in [-0.15, -0.1) is 17.0 Å². The van der Waals surface area contributed by atoms with Crippen molar-refractivity contribution in [2.24, 2.45) is 0 Å². The minimum Gasteiger partial charge on any atom is -0.480 e. The number of carboxylic acids is 1. The first-order valence-electron chi connectivity index (χ1n) is 1.63. The monoisotopic (exact) mass is 169 g/mol. The molecule has 0 radical (unpaired) electrons. The van der Waals surface area contributed by atoms with Crippen LogP contribution in [0.4, 0.5) is 0 Å². The van der Waals surface area contributed by atoms with Crippen molar-refractivity contribution in [2.45, 2.75) is 0 Å². The summed E-state index contributed by atoms with van der Waals surface area (Å²) in [6, 6.07) is 0. The van der Waals surface area contributed by atoms with E-state index in [1.807, 2.05) is 0 Å². The van der Waals surface area contributed by atoms with Gasteiger partial charge in [-0.05, 0) is 7.05 Å². The Labute approximate surface area is 52.5 Å². The number of halogens is 1. The van der Waals surface area contributed by atoms with Gasteiger partial charge in [-0.3, -0.25) is 4.79 Å². The second-order valence-electron chi connectivity index (χ2n) is 0.924. The molecule has 0 rings (SSSR count). The molecular weight excluding hydrogens is 162 g/mol. The molecule has 0 amide bonds. The number of hydrogen-bond acceptors (Lipinski definition) is 2. The van der Waals surface area contributed by atoms with E-state index in [1.165, 1.54) is 0 Å². The van der Waals surface area contributed by atoms with Crippen LogP contribution in [0.2, 0.25) is 0 Å². The van der Waals surface area contributed by atoms with Gasteiger partial charge in [-0.1, -0.05) is 0 Å². The summed E-state index contributed by atoms with van der Waals surface area (Å²) < 4.78 is 0. The van der Waals surface area contributed by atoms with E-state index in [1.54, 1.807) is 7.05 Å². The third-order valence-corrected chi connectivity index (χ3v) is 0.328. The highest BCUT2D eigenvalue weighted by Crippen LogP contribution is 1.50. The largest absolute Gasteiger partial charge is 0.480 e. The highest BCUT2D eigenvalue weighted by Gasteiger charge is 1.86. The fourth-order valence-corrected chi connectivity index (χ4v) is 0.151. The third kappa shape index (κ3) is 10.7. The van der Waals surface area contributed by atoms with Crippen molar-refractivity contribution in [3.05, 3.63) is 0 Å². The number of nitrogens with one attached hydrogen (secondary N) is 1. The number of rotatable bonds is 2. The van der Waals surface area contributed by atoms with Gasteiger partial charge in [0.1, 0.15) is 0 Å². The molecule has 0 fully saturated rings. The molecule has 4 heteroatoms. The van der Waals surface area contributed by atoms with Crippen LogP contribution in [0.25, 0.3) is 0 Å². The Hall–Kier alpha value is -0.0900. The molecule has 0 aliphatic carbocycles. The lowest BCUT2D eigenvalue weighted by molar-refractivity contribution is -0.135. The van der Waals surface area contributed by atoms with Crippen LogP contribution in [-0.2, 0) is 4.79 Å². The van der Waals surface area contributed by atoms with Crippen LogP contribution in [0.3, 0.4) is 0 Å². The summed E-state index contributed by atoms with van der Waals surface area (Å²) >= 11 is 0. The van der Waals surface area contributed by atoms with Crippen molar-refractivity contribution in [2.75, 3.05) is 13.6 Å². The molecule has 0 spiro atoms. The molecular formula is C3H8BrNO2. The summed E-state index contributed by atoms with van der Waals surface area (Å²) in [5.74, 6) is -0.822. The fraction of sp³-hybridized carbons (Fsp3) is 0.667. The van der Waals surface area contributed by atoms with Crippen molar-refractivity contribution in [1.29, 1.82) is 0 Å². The van der Waals surface area contributed by atoms with Crippen molar-refractivity contribution >= 4 is 23.0 Å². The smallest absolute Gasteiger partial charge is 0.317 e. The molecule has 0 saturated heterocycles.